The molecule has 9 nitrogen and oxygen atoms in total. The second-order valence-electron chi connectivity index (χ2n) is 3.56. The lowest BCUT2D eigenvalue weighted by Gasteiger charge is -2.13. The average Bonchev–Trinajstić information content (AvgIpc) is 2.28. The monoisotopic (exact) mass is 257 g/mol. The highest BCUT2D eigenvalue weighted by Gasteiger charge is 2.15. The molecule has 1 rings (SSSR count). The Morgan fingerprint density at radius 2 is 2.17 bits per heavy atom. The first-order valence-corrected chi connectivity index (χ1v) is 5.22. The molecule has 0 aromatic carbocycles. The Labute approximate surface area is 101 Å². The molecule has 1 heterocycles. The minimum Gasteiger partial charge on any atom is -0.383 e. The van der Waals surface area contributed by atoms with E-state index in [1.54, 1.807) is 6.92 Å². The van der Waals surface area contributed by atoms with E-state index in [1.165, 1.54) is 0 Å². The molecule has 0 saturated heterocycles. The van der Waals surface area contributed by atoms with Gasteiger partial charge in [0.25, 0.3) is 5.56 Å². The van der Waals surface area contributed by atoms with Gasteiger partial charge in [-0.25, -0.2) is 4.79 Å². The van der Waals surface area contributed by atoms with Gasteiger partial charge in [0.1, 0.15) is 17.6 Å². The Kier molecular flexibility index (Phi) is 4.10. The zero-order valence-electron chi connectivity index (χ0n) is 9.77. The van der Waals surface area contributed by atoms with Crippen LogP contribution in [0.4, 0.5) is 11.5 Å². The van der Waals surface area contributed by atoms with Gasteiger partial charge in [-0.1, -0.05) is 0 Å². The Morgan fingerprint density at radius 3 is 2.67 bits per heavy atom. The fourth-order valence-electron chi connectivity index (χ4n) is 1.37. The van der Waals surface area contributed by atoms with Crippen molar-refractivity contribution in [2.24, 2.45) is 5.73 Å². The van der Waals surface area contributed by atoms with E-state index in [-0.39, 0.29) is 24.6 Å². The smallest absolute Gasteiger partial charge is 0.330 e. The number of amides is 1. The third-order valence-electron chi connectivity index (χ3n) is 2.36. The molecular weight excluding hydrogens is 242 g/mol. The summed E-state index contributed by atoms with van der Waals surface area (Å²) in [5, 5.41) is 11.7. The minimum absolute atomic E-state index is 0.0667. The Bertz CT molecular complexity index is 561. The predicted octanol–water partition coefficient (Wildman–Crippen LogP) is -2.60. The molecule has 1 aromatic heterocycles. The summed E-state index contributed by atoms with van der Waals surface area (Å²) in [5.74, 6) is -0.996. The fraction of sp³-hybridized carbons (Fsp3) is 0.444. The molecule has 1 unspecified atom stereocenters. The standard InChI is InChI=1S/C9H15N5O4/c1-2-14-6(10)5(8(17)13-9(14)18)12-3-4(15)7(11)16/h4,12,15H,2-3,10H2,1H3,(H2,11,16)(H,13,17,18). The van der Waals surface area contributed by atoms with Crippen molar-refractivity contribution in [1.29, 1.82) is 0 Å². The maximum absolute atomic E-state index is 11.5. The number of aromatic nitrogens is 2. The molecule has 0 spiro atoms. The summed E-state index contributed by atoms with van der Waals surface area (Å²) in [6.45, 7) is 1.68. The Morgan fingerprint density at radius 1 is 1.56 bits per heavy atom. The number of aliphatic hydroxyl groups is 1. The van der Waals surface area contributed by atoms with Gasteiger partial charge in [0.05, 0.1) is 6.54 Å². The van der Waals surface area contributed by atoms with Gasteiger partial charge < -0.3 is 21.9 Å². The number of carbonyl (C=O) groups is 1. The zero-order valence-corrected chi connectivity index (χ0v) is 9.77. The van der Waals surface area contributed by atoms with Crippen molar-refractivity contribution in [2.75, 3.05) is 17.6 Å². The topological polar surface area (TPSA) is 156 Å². The maximum Gasteiger partial charge on any atom is 0.330 e. The van der Waals surface area contributed by atoms with E-state index in [2.05, 4.69) is 10.3 Å². The van der Waals surface area contributed by atoms with Gasteiger partial charge in [0.15, 0.2) is 0 Å². The van der Waals surface area contributed by atoms with Crippen LogP contribution in [0.3, 0.4) is 0 Å². The predicted molar refractivity (Wildman–Crippen MR) is 65.1 cm³/mol. The van der Waals surface area contributed by atoms with Crippen molar-refractivity contribution in [3.05, 3.63) is 20.8 Å². The van der Waals surface area contributed by atoms with Crippen LogP contribution in [-0.2, 0) is 11.3 Å². The molecule has 18 heavy (non-hydrogen) atoms. The molecule has 0 bridgehead atoms. The summed E-state index contributed by atoms with van der Waals surface area (Å²) >= 11 is 0. The minimum atomic E-state index is -1.45. The maximum atomic E-state index is 11.5. The molecule has 0 saturated carbocycles. The van der Waals surface area contributed by atoms with E-state index in [4.69, 9.17) is 11.5 Å². The van der Waals surface area contributed by atoms with Crippen LogP contribution in [-0.4, -0.2) is 33.2 Å². The van der Waals surface area contributed by atoms with E-state index in [0.717, 1.165) is 4.57 Å². The quantitative estimate of drug-likeness (QED) is 0.389. The molecule has 0 aliphatic rings. The molecule has 100 valence electrons. The number of carbonyl (C=O) groups excluding carboxylic acids is 1. The largest absolute Gasteiger partial charge is 0.383 e. The van der Waals surface area contributed by atoms with Crippen LogP contribution < -0.4 is 28.0 Å². The summed E-state index contributed by atoms with van der Waals surface area (Å²) in [6.07, 6.45) is -1.45. The number of nitrogen functional groups attached to an aromatic ring is 1. The van der Waals surface area contributed by atoms with Crippen molar-refractivity contribution in [3.8, 4) is 0 Å². The molecule has 0 fully saturated rings. The molecule has 1 amide bonds. The second kappa shape index (κ2) is 5.36. The first-order chi connectivity index (χ1) is 8.38. The lowest BCUT2D eigenvalue weighted by atomic mass is 10.3. The summed E-state index contributed by atoms with van der Waals surface area (Å²) in [4.78, 5) is 35.6. The lowest BCUT2D eigenvalue weighted by Crippen LogP contribution is -2.38. The van der Waals surface area contributed by atoms with E-state index < -0.39 is 23.3 Å². The molecule has 9 heteroatoms. The number of hydrogen-bond donors (Lipinski definition) is 5. The fourth-order valence-corrected chi connectivity index (χ4v) is 1.37. The zero-order chi connectivity index (χ0) is 13.9. The molecule has 0 aliphatic carbocycles. The van der Waals surface area contributed by atoms with E-state index in [1.807, 2.05) is 0 Å². The van der Waals surface area contributed by atoms with Crippen molar-refractivity contribution in [3.63, 3.8) is 0 Å². The Balaban J connectivity index is 3.07. The second-order valence-corrected chi connectivity index (χ2v) is 3.56. The average molecular weight is 257 g/mol. The first kappa shape index (κ1) is 13.8. The highest BCUT2D eigenvalue weighted by molar-refractivity contribution is 5.79. The van der Waals surface area contributed by atoms with E-state index in [9.17, 15) is 19.5 Å². The van der Waals surface area contributed by atoms with Crippen molar-refractivity contribution < 1.29 is 9.90 Å². The van der Waals surface area contributed by atoms with Crippen LogP contribution in [0.2, 0.25) is 0 Å². The summed E-state index contributed by atoms with van der Waals surface area (Å²) in [7, 11) is 0. The highest BCUT2D eigenvalue weighted by atomic mass is 16.3. The van der Waals surface area contributed by atoms with Gasteiger partial charge in [-0.05, 0) is 6.92 Å². The number of nitrogens with zero attached hydrogens (tertiary/aromatic N) is 1. The van der Waals surface area contributed by atoms with Gasteiger partial charge in [-0.15, -0.1) is 0 Å². The van der Waals surface area contributed by atoms with Gasteiger partial charge in [-0.2, -0.15) is 0 Å². The number of hydrogen-bond acceptors (Lipinski definition) is 6. The molecule has 7 N–H and O–H groups in total. The van der Waals surface area contributed by atoms with Crippen LogP contribution in [0.25, 0.3) is 0 Å². The number of nitrogens with one attached hydrogen (secondary N) is 2. The number of anilines is 2. The van der Waals surface area contributed by atoms with Gasteiger partial charge in [0, 0.05) is 6.54 Å². The van der Waals surface area contributed by atoms with Crippen LogP contribution in [0.15, 0.2) is 9.59 Å². The summed E-state index contributed by atoms with van der Waals surface area (Å²) in [6, 6.07) is 0. The molecule has 0 radical (unpaired) electrons. The number of aliphatic hydroxyl groups excluding tert-OH is 1. The normalized spacial score (nSPS) is 12.1. The third-order valence-corrected chi connectivity index (χ3v) is 2.36. The van der Waals surface area contributed by atoms with Crippen LogP contribution in [0, 0.1) is 0 Å². The lowest BCUT2D eigenvalue weighted by molar-refractivity contribution is -0.125. The number of rotatable bonds is 5. The summed E-state index contributed by atoms with van der Waals surface area (Å²) in [5.41, 5.74) is 9.06. The number of aromatic amines is 1. The van der Waals surface area contributed by atoms with E-state index in [0.29, 0.717) is 0 Å². The number of H-pyrrole nitrogens is 1. The van der Waals surface area contributed by atoms with Crippen LogP contribution in [0.1, 0.15) is 6.92 Å². The van der Waals surface area contributed by atoms with Crippen molar-refractivity contribution in [1.82, 2.24) is 9.55 Å². The first-order valence-electron chi connectivity index (χ1n) is 5.22. The van der Waals surface area contributed by atoms with Crippen LogP contribution in [0.5, 0.6) is 0 Å². The SMILES string of the molecule is CCn1c(N)c(NCC(O)C(N)=O)c(=O)[nH]c1=O. The van der Waals surface area contributed by atoms with Gasteiger partial charge in [-0.3, -0.25) is 19.1 Å². The van der Waals surface area contributed by atoms with Crippen molar-refractivity contribution in [2.45, 2.75) is 19.6 Å². The third kappa shape index (κ3) is 2.69. The van der Waals surface area contributed by atoms with Gasteiger partial charge >= 0.3 is 5.69 Å². The molecule has 1 aromatic rings. The number of nitrogens with two attached hydrogens (primary N) is 2. The Hall–Kier alpha value is -2.29. The highest BCUT2D eigenvalue weighted by Crippen LogP contribution is 2.09. The number of primary amides is 1. The van der Waals surface area contributed by atoms with Crippen LogP contribution >= 0.6 is 0 Å². The molecular formula is C9H15N5O4. The molecule has 1 atom stereocenters. The molecule has 0 aliphatic heterocycles. The summed E-state index contributed by atoms with van der Waals surface area (Å²) < 4.78 is 1.14. The van der Waals surface area contributed by atoms with Gasteiger partial charge in [0.2, 0.25) is 5.91 Å². The van der Waals surface area contributed by atoms with Crippen molar-refractivity contribution >= 4 is 17.4 Å². The van der Waals surface area contributed by atoms with E-state index >= 15 is 0 Å².